The Balaban J connectivity index is 2.30. The van der Waals surface area contributed by atoms with E-state index in [4.69, 9.17) is 0 Å². The summed E-state index contributed by atoms with van der Waals surface area (Å²) in [5.74, 6) is 0. The molecule has 2 rings (SSSR count). The van der Waals surface area contributed by atoms with Gasteiger partial charge in [0.2, 0.25) is 0 Å². The Hall–Kier alpha value is -0.340. The zero-order valence-electron chi connectivity index (χ0n) is 11.3. The Morgan fingerprint density at radius 3 is 2.19 bits per heavy atom. The van der Waals surface area contributed by atoms with Gasteiger partial charge in [0.25, 0.3) is 0 Å². The van der Waals surface area contributed by atoms with Gasteiger partial charge in [-0.25, -0.2) is 0 Å². The van der Waals surface area contributed by atoms with Crippen LogP contribution < -0.4 is 0 Å². The maximum absolute atomic E-state index is 2.57. The lowest BCUT2D eigenvalue weighted by atomic mass is 9.86. The molecule has 0 radical (unpaired) electrons. The number of thiophene rings is 1. The Morgan fingerprint density at radius 2 is 1.69 bits per heavy atom. The largest absolute Gasteiger partial charge is 0.289 e. The van der Waals surface area contributed by atoms with Gasteiger partial charge in [-0.2, -0.15) is 0 Å². The normalized spacial score (nSPS) is 17.9. The summed E-state index contributed by atoms with van der Waals surface area (Å²) in [6.45, 7) is 16.1. The highest BCUT2D eigenvalue weighted by molar-refractivity contribution is 7.10. The topological polar surface area (TPSA) is 3.24 Å². The molecule has 0 aliphatic carbocycles. The van der Waals surface area contributed by atoms with Crippen LogP contribution in [0.4, 0.5) is 0 Å². The first kappa shape index (κ1) is 12.1. The second-order valence-electron chi connectivity index (χ2n) is 6.83. The number of rotatable bonds is 0. The Labute approximate surface area is 103 Å². The van der Waals surface area contributed by atoms with Gasteiger partial charge < -0.3 is 0 Å². The molecule has 0 atom stereocenters. The summed E-state index contributed by atoms with van der Waals surface area (Å²) in [6.07, 6.45) is 0. The van der Waals surface area contributed by atoms with E-state index in [1.54, 1.807) is 16.0 Å². The third kappa shape index (κ3) is 2.05. The Bertz CT molecular complexity index is 390. The van der Waals surface area contributed by atoms with E-state index >= 15 is 0 Å². The van der Waals surface area contributed by atoms with Crippen LogP contribution in [0.25, 0.3) is 0 Å². The predicted molar refractivity (Wildman–Crippen MR) is 72.0 cm³/mol. The van der Waals surface area contributed by atoms with Crippen LogP contribution in [0.5, 0.6) is 0 Å². The SMILES string of the molecule is CC(C)(C)c1csc2c1CN(C(C)(C)C)C2. The minimum atomic E-state index is 0.286. The van der Waals surface area contributed by atoms with E-state index in [-0.39, 0.29) is 11.0 Å². The van der Waals surface area contributed by atoms with Crippen molar-refractivity contribution in [2.24, 2.45) is 0 Å². The lowest BCUT2D eigenvalue weighted by Crippen LogP contribution is -2.37. The first-order valence-corrected chi connectivity index (χ1v) is 6.92. The molecule has 1 aromatic heterocycles. The van der Waals surface area contributed by atoms with Gasteiger partial charge in [0.1, 0.15) is 0 Å². The zero-order chi connectivity index (χ0) is 12.1. The molecule has 1 nitrogen and oxygen atoms in total. The van der Waals surface area contributed by atoms with E-state index in [1.165, 1.54) is 0 Å². The van der Waals surface area contributed by atoms with Crippen LogP contribution in [0.3, 0.4) is 0 Å². The molecule has 1 aliphatic heterocycles. The molecule has 0 fully saturated rings. The number of hydrogen-bond acceptors (Lipinski definition) is 2. The van der Waals surface area contributed by atoms with Crippen molar-refractivity contribution in [1.82, 2.24) is 4.90 Å². The van der Waals surface area contributed by atoms with Gasteiger partial charge in [-0.1, -0.05) is 20.8 Å². The summed E-state index contributed by atoms with van der Waals surface area (Å²) in [4.78, 5) is 4.16. The molecule has 0 saturated carbocycles. The molecule has 0 amide bonds. The molecule has 0 aromatic carbocycles. The predicted octanol–water partition coefficient (Wildman–Crippen LogP) is 4.16. The highest BCUT2D eigenvalue weighted by atomic mass is 32.1. The first-order valence-electron chi connectivity index (χ1n) is 6.04. The van der Waals surface area contributed by atoms with Crippen molar-refractivity contribution in [1.29, 1.82) is 0 Å². The van der Waals surface area contributed by atoms with E-state index < -0.39 is 0 Å². The molecule has 0 bridgehead atoms. The van der Waals surface area contributed by atoms with E-state index in [0.717, 1.165) is 13.1 Å². The summed E-state index contributed by atoms with van der Waals surface area (Å²) in [7, 11) is 0. The van der Waals surface area contributed by atoms with Crippen molar-refractivity contribution in [2.75, 3.05) is 0 Å². The van der Waals surface area contributed by atoms with E-state index in [1.807, 2.05) is 11.3 Å². The maximum atomic E-state index is 2.57. The van der Waals surface area contributed by atoms with Gasteiger partial charge in [0, 0.05) is 23.5 Å². The highest BCUT2D eigenvalue weighted by Gasteiger charge is 2.33. The number of nitrogens with zero attached hydrogens (tertiary/aromatic N) is 1. The van der Waals surface area contributed by atoms with Crippen molar-refractivity contribution < 1.29 is 0 Å². The van der Waals surface area contributed by atoms with Crippen LogP contribution in [0.1, 0.15) is 57.5 Å². The van der Waals surface area contributed by atoms with Gasteiger partial charge >= 0.3 is 0 Å². The molecule has 1 aromatic rings. The van der Waals surface area contributed by atoms with Gasteiger partial charge in [-0.3, -0.25) is 4.90 Å². The van der Waals surface area contributed by atoms with Crippen LogP contribution >= 0.6 is 11.3 Å². The minimum Gasteiger partial charge on any atom is -0.289 e. The van der Waals surface area contributed by atoms with Crippen molar-refractivity contribution in [3.05, 3.63) is 21.4 Å². The second-order valence-corrected chi connectivity index (χ2v) is 7.79. The molecule has 1 aliphatic rings. The van der Waals surface area contributed by atoms with Crippen molar-refractivity contribution in [3.63, 3.8) is 0 Å². The highest BCUT2D eigenvalue weighted by Crippen LogP contribution is 2.39. The van der Waals surface area contributed by atoms with E-state index in [2.05, 4.69) is 51.8 Å². The van der Waals surface area contributed by atoms with Crippen molar-refractivity contribution in [3.8, 4) is 0 Å². The van der Waals surface area contributed by atoms with Crippen LogP contribution in [0.2, 0.25) is 0 Å². The summed E-state index contributed by atoms with van der Waals surface area (Å²) >= 11 is 1.94. The lowest BCUT2D eigenvalue weighted by Gasteiger charge is -2.31. The van der Waals surface area contributed by atoms with Crippen molar-refractivity contribution >= 4 is 11.3 Å². The van der Waals surface area contributed by atoms with E-state index in [0.29, 0.717) is 0 Å². The summed E-state index contributed by atoms with van der Waals surface area (Å²) in [6, 6.07) is 0. The Kier molecular flexibility index (Phi) is 2.71. The summed E-state index contributed by atoms with van der Waals surface area (Å²) in [5.41, 5.74) is 3.73. The molecule has 0 spiro atoms. The molecular formula is C14H23NS. The molecule has 2 heteroatoms. The quantitative estimate of drug-likeness (QED) is 0.655. The van der Waals surface area contributed by atoms with Crippen LogP contribution in [0.15, 0.2) is 5.38 Å². The second kappa shape index (κ2) is 3.58. The molecule has 90 valence electrons. The third-order valence-corrected chi connectivity index (χ3v) is 4.43. The van der Waals surface area contributed by atoms with Crippen molar-refractivity contribution in [2.45, 2.75) is 65.6 Å². The van der Waals surface area contributed by atoms with Gasteiger partial charge in [0.05, 0.1) is 0 Å². The number of hydrogen-bond donors (Lipinski definition) is 0. The molecule has 0 saturated heterocycles. The third-order valence-electron chi connectivity index (χ3n) is 3.42. The number of fused-ring (bicyclic) bond motifs is 1. The fourth-order valence-electron chi connectivity index (χ4n) is 2.25. The fraction of sp³-hybridized carbons (Fsp3) is 0.714. The molecule has 2 heterocycles. The smallest absolute Gasteiger partial charge is 0.0340 e. The van der Waals surface area contributed by atoms with Gasteiger partial charge in [0.15, 0.2) is 0 Å². The Morgan fingerprint density at radius 1 is 1.06 bits per heavy atom. The molecular weight excluding hydrogens is 214 g/mol. The first-order chi connectivity index (χ1) is 7.19. The van der Waals surface area contributed by atoms with Crippen LogP contribution in [-0.4, -0.2) is 10.4 Å². The van der Waals surface area contributed by atoms with Crippen LogP contribution in [-0.2, 0) is 18.5 Å². The monoisotopic (exact) mass is 237 g/mol. The average molecular weight is 237 g/mol. The summed E-state index contributed by atoms with van der Waals surface area (Å²) < 4.78 is 0. The lowest BCUT2D eigenvalue weighted by molar-refractivity contribution is 0.136. The fourth-order valence-corrected chi connectivity index (χ4v) is 3.56. The molecule has 16 heavy (non-hydrogen) atoms. The maximum Gasteiger partial charge on any atom is 0.0340 e. The van der Waals surface area contributed by atoms with Crippen LogP contribution in [0, 0.1) is 0 Å². The van der Waals surface area contributed by atoms with Gasteiger partial charge in [-0.05, 0) is 42.7 Å². The van der Waals surface area contributed by atoms with Gasteiger partial charge in [-0.15, -0.1) is 11.3 Å². The molecule has 0 unspecified atom stereocenters. The standard InChI is InChI=1S/C14H23NS/c1-13(2,3)11-9-16-12-8-15(7-10(11)12)14(4,5)6/h9H,7-8H2,1-6H3. The summed E-state index contributed by atoms with van der Waals surface area (Å²) in [5, 5.41) is 2.37. The molecule has 0 N–H and O–H groups in total. The zero-order valence-corrected chi connectivity index (χ0v) is 12.2. The minimum absolute atomic E-state index is 0.286. The van der Waals surface area contributed by atoms with E-state index in [9.17, 15) is 0 Å². The average Bonchev–Trinajstić information content (AvgIpc) is 2.53.